The van der Waals surface area contributed by atoms with Gasteiger partial charge in [-0.2, -0.15) is 0 Å². The Morgan fingerprint density at radius 2 is 1.72 bits per heavy atom. The first-order chi connectivity index (χ1) is 33.3. The molecule has 8 rings (SSSR count). The van der Waals surface area contributed by atoms with Crippen LogP contribution in [0, 0.1) is 24.7 Å². The minimum absolute atomic E-state index is 0.000623. The molecule has 1 amide bonds. The van der Waals surface area contributed by atoms with Gasteiger partial charge in [0.1, 0.15) is 37.4 Å². The highest BCUT2D eigenvalue weighted by Gasteiger charge is 2.65. The second-order valence-electron chi connectivity index (χ2n) is 17.7. The number of amides is 1. The number of aromatic nitrogens is 1. The number of aliphatic hydroxyl groups is 2. The number of benzene rings is 3. The first kappa shape index (κ1) is 48.5. The number of carbonyl (C=O) groups is 1. The predicted molar refractivity (Wildman–Crippen MR) is 255 cm³/mol. The molecule has 6 atom stereocenters. The smallest absolute Gasteiger partial charge is 0.410 e. The minimum Gasteiger partial charge on any atom is -0.487 e. The highest BCUT2D eigenvalue weighted by atomic mass is 16.7. The van der Waals surface area contributed by atoms with Gasteiger partial charge in [-0.15, -0.1) is 6.58 Å². The molecule has 362 valence electrons. The van der Waals surface area contributed by atoms with Crippen LogP contribution in [0.4, 0.5) is 4.79 Å². The van der Waals surface area contributed by atoms with E-state index in [1.807, 2.05) is 92.7 Å². The van der Waals surface area contributed by atoms with Crippen LogP contribution in [0.25, 0.3) is 0 Å². The van der Waals surface area contributed by atoms with Gasteiger partial charge >= 0.3 is 6.09 Å². The van der Waals surface area contributed by atoms with Gasteiger partial charge in [-0.25, -0.2) is 4.79 Å². The first-order valence-electron chi connectivity index (χ1n) is 24.0. The largest absolute Gasteiger partial charge is 0.487 e. The molecule has 2 aliphatic carbocycles. The number of fused-ring (bicyclic) bond motifs is 3. The van der Waals surface area contributed by atoms with Crippen LogP contribution in [0.1, 0.15) is 85.9 Å². The molecule has 0 bridgehead atoms. The van der Waals surface area contributed by atoms with Crippen molar-refractivity contribution < 1.29 is 53.0 Å². The Morgan fingerprint density at radius 3 is 2.51 bits per heavy atom. The maximum Gasteiger partial charge on any atom is 0.410 e. The van der Waals surface area contributed by atoms with Gasteiger partial charge in [0.05, 0.1) is 37.1 Å². The molecule has 0 saturated heterocycles. The summed E-state index contributed by atoms with van der Waals surface area (Å²) in [7, 11) is 0. The summed E-state index contributed by atoms with van der Waals surface area (Å²) in [6, 6.07) is 26.5. The van der Waals surface area contributed by atoms with E-state index in [0.29, 0.717) is 54.8 Å². The lowest BCUT2D eigenvalue weighted by Gasteiger charge is -2.59. The van der Waals surface area contributed by atoms with Gasteiger partial charge in [-0.1, -0.05) is 72.6 Å². The summed E-state index contributed by atoms with van der Waals surface area (Å²) in [4.78, 5) is 27.3. The molecular weight excluding hydrogens is 867 g/mol. The number of oxime groups is 1. The number of hydrogen-bond acceptors (Lipinski definition) is 13. The van der Waals surface area contributed by atoms with E-state index in [-0.39, 0.29) is 77.2 Å². The number of nitrogens with zero attached hydrogens (tertiary/aromatic N) is 3. The molecule has 0 unspecified atom stereocenters. The van der Waals surface area contributed by atoms with Gasteiger partial charge in [0, 0.05) is 43.4 Å². The fourth-order valence-corrected chi connectivity index (χ4v) is 10.3. The van der Waals surface area contributed by atoms with E-state index in [1.165, 1.54) is 0 Å². The Balaban J connectivity index is 1.25. The number of rotatable bonds is 24. The zero-order valence-corrected chi connectivity index (χ0v) is 39.3. The van der Waals surface area contributed by atoms with Crippen molar-refractivity contribution in [3.63, 3.8) is 0 Å². The second-order valence-corrected chi connectivity index (χ2v) is 17.7. The molecule has 2 aliphatic heterocycles. The number of allylic oxidation sites excluding steroid dienone is 1. The van der Waals surface area contributed by atoms with Gasteiger partial charge in [-0.05, 0) is 111 Å². The first-order valence-corrected chi connectivity index (χ1v) is 24.0. The summed E-state index contributed by atoms with van der Waals surface area (Å²) in [5.41, 5.74) is 6.08. The number of carbonyl (C=O) groups excluding carboxylic acids is 1. The highest BCUT2D eigenvalue weighted by Crippen LogP contribution is 2.62. The maximum atomic E-state index is 15.0. The zero-order chi connectivity index (χ0) is 47.3. The molecule has 4 aromatic rings. The number of aryl methyl sites for hydroxylation is 1. The van der Waals surface area contributed by atoms with Crippen molar-refractivity contribution in [3.8, 4) is 23.0 Å². The lowest BCUT2D eigenvalue weighted by atomic mass is 9.55. The van der Waals surface area contributed by atoms with Gasteiger partial charge < -0.3 is 48.2 Å². The van der Waals surface area contributed by atoms with Crippen LogP contribution in [0.3, 0.4) is 0 Å². The predicted octanol–water partition coefficient (Wildman–Crippen LogP) is 9.21. The Kier molecular flexibility index (Phi) is 16.7. The van der Waals surface area contributed by atoms with Crippen molar-refractivity contribution in [2.24, 2.45) is 22.9 Å². The molecule has 1 fully saturated rings. The Bertz CT molecular complexity index is 2380. The maximum absolute atomic E-state index is 15.0. The van der Waals surface area contributed by atoms with Crippen molar-refractivity contribution in [1.82, 2.24) is 9.88 Å². The molecule has 4 aliphatic rings. The SMILES string of the molecule is C=CCO[C@@]12Oc3ccc(OCc4cccc(C)n4)cc3[C@H]3[C@H](CCCCO)[C@@H](CCCCO)C=C(C(=NOCC)C[C@@H]1N(Cc1ccc4c(c1)OCO4)C(=O)OCCOCc1ccccc1)[C@H]32. The van der Waals surface area contributed by atoms with E-state index in [9.17, 15) is 10.2 Å². The normalized spacial score (nSPS) is 22.6. The third-order valence-corrected chi connectivity index (χ3v) is 13.2. The lowest BCUT2D eigenvalue weighted by Crippen LogP contribution is -2.70. The molecule has 2 N–H and O–H groups in total. The van der Waals surface area contributed by atoms with Crippen LogP contribution in [0.15, 0.2) is 114 Å². The van der Waals surface area contributed by atoms with Crippen LogP contribution in [0.5, 0.6) is 23.0 Å². The van der Waals surface area contributed by atoms with E-state index in [0.717, 1.165) is 59.3 Å². The topological polar surface area (TPSA) is 160 Å². The molecule has 0 radical (unpaired) electrons. The number of aliphatic hydroxyl groups excluding tert-OH is 2. The average molecular weight is 932 g/mol. The van der Waals surface area contributed by atoms with Crippen LogP contribution in [0.2, 0.25) is 0 Å². The molecule has 68 heavy (non-hydrogen) atoms. The molecule has 14 heteroatoms. The van der Waals surface area contributed by atoms with E-state index in [2.05, 4.69) is 23.7 Å². The van der Waals surface area contributed by atoms with E-state index < -0.39 is 23.8 Å². The molecule has 0 spiro atoms. The Labute approximate surface area is 399 Å². The van der Waals surface area contributed by atoms with Crippen LogP contribution in [-0.4, -0.2) is 90.2 Å². The van der Waals surface area contributed by atoms with Gasteiger partial charge in [0.2, 0.25) is 12.6 Å². The summed E-state index contributed by atoms with van der Waals surface area (Å²) in [5, 5.41) is 24.8. The van der Waals surface area contributed by atoms with Crippen LogP contribution in [-0.2, 0) is 38.8 Å². The zero-order valence-electron chi connectivity index (χ0n) is 39.3. The number of ether oxygens (including phenoxy) is 7. The number of hydrogen-bond donors (Lipinski definition) is 2. The molecule has 14 nitrogen and oxygen atoms in total. The fraction of sp³-hybridized carbons (Fsp3) is 0.463. The van der Waals surface area contributed by atoms with Crippen molar-refractivity contribution in [3.05, 3.63) is 137 Å². The summed E-state index contributed by atoms with van der Waals surface area (Å²) in [5.74, 6) is 0.313. The Morgan fingerprint density at radius 1 is 0.912 bits per heavy atom. The number of pyridine rings is 1. The van der Waals surface area contributed by atoms with Crippen molar-refractivity contribution in [2.45, 2.75) is 96.3 Å². The van der Waals surface area contributed by atoms with Gasteiger partial charge in [0.15, 0.2) is 11.5 Å². The quantitative estimate of drug-likeness (QED) is 0.0390. The van der Waals surface area contributed by atoms with Gasteiger partial charge in [0.25, 0.3) is 0 Å². The average Bonchev–Trinajstić information content (AvgIpc) is 3.83. The summed E-state index contributed by atoms with van der Waals surface area (Å²) in [6.45, 7) is 9.58. The molecule has 3 aromatic carbocycles. The van der Waals surface area contributed by atoms with Crippen LogP contribution >= 0.6 is 0 Å². The van der Waals surface area contributed by atoms with E-state index in [1.54, 1.807) is 11.0 Å². The standard InChI is InChI=1S/C54H65N3O11/c1-4-26-66-54-50(57(33-39-20-22-48-49(29-39)65-36-64-48)53(60)62-28-27-61-34-38-15-7-6-8-16-38)32-46(56-67-5-2)44-30-40(17-9-11-24-58)43(19-10-12-25-59)51(52(44)54)45-31-42(21-23-47(45)68-54)63-35-41-18-13-14-37(3)55-41/h4,6-8,13-16,18,20-23,29-31,40,43,50-52,58-59H,1,5,9-12,17,19,24-28,32-36H2,2-3H3/t40-,43+,50-,51+,52+,54+/m0/s1. The summed E-state index contributed by atoms with van der Waals surface area (Å²) >= 11 is 0. The number of unbranched alkanes of at least 4 members (excludes halogenated alkanes) is 2. The van der Waals surface area contributed by atoms with Crippen molar-refractivity contribution in [2.75, 3.05) is 46.4 Å². The lowest BCUT2D eigenvalue weighted by molar-refractivity contribution is -0.256. The second kappa shape index (κ2) is 23.4. The molecule has 1 saturated carbocycles. The molecular formula is C54H65N3O11. The highest BCUT2D eigenvalue weighted by molar-refractivity contribution is 6.03. The van der Waals surface area contributed by atoms with E-state index >= 15 is 4.79 Å². The third kappa shape index (κ3) is 11.2. The van der Waals surface area contributed by atoms with E-state index in [4.69, 9.17) is 43.2 Å². The van der Waals surface area contributed by atoms with Crippen molar-refractivity contribution >= 4 is 11.8 Å². The van der Waals surface area contributed by atoms with Gasteiger partial charge in [-0.3, -0.25) is 9.88 Å². The summed E-state index contributed by atoms with van der Waals surface area (Å²) in [6.07, 6.45) is 8.18. The third-order valence-electron chi connectivity index (χ3n) is 13.2. The Hall–Kier alpha value is -5.93. The monoisotopic (exact) mass is 931 g/mol. The fourth-order valence-electron chi connectivity index (χ4n) is 10.3. The summed E-state index contributed by atoms with van der Waals surface area (Å²) < 4.78 is 44.6. The molecule has 3 heterocycles. The minimum atomic E-state index is -1.50. The van der Waals surface area contributed by atoms with Crippen molar-refractivity contribution in [1.29, 1.82) is 0 Å². The van der Waals surface area contributed by atoms with Crippen LogP contribution < -0.4 is 18.9 Å². The molecule has 1 aromatic heterocycles.